The summed E-state index contributed by atoms with van der Waals surface area (Å²) >= 11 is 0. The van der Waals surface area contributed by atoms with Crippen molar-refractivity contribution in [2.75, 3.05) is 26.3 Å². The van der Waals surface area contributed by atoms with E-state index in [1.807, 2.05) is 0 Å². The number of rotatable bonds is 8. The summed E-state index contributed by atoms with van der Waals surface area (Å²) in [4.78, 5) is 0. The van der Waals surface area contributed by atoms with Gasteiger partial charge in [0.25, 0.3) is 6.43 Å². The van der Waals surface area contributed by atoms with Gasteiger partial charge >= 0.3 is 0 Å². The van der Waals surface area contributed by atoms with E-state index >= 15 is 0 Å². The first-order valence-electron chi connectivity index (χ1n) is 4.69. The molecule has 0 rings (SSSR count). The van der Waals surface area contributed by atoms with Gasteiger partial charge in [0.2, 0.25) is 0 Å². The molecule has 0 saturated carbocycles. The van der Waals surface area contributed by atoms with Gasteiger partial charge in [0.05, 0.1) is 6.54 Å². The summed E-state index contributed by atoms with van der Waals surface area (Å²) in [5.74, 6) is 0.536. The fourth-order valence-corrected chi connectivity index (χ4v) is 0.829. The third-order valence-corrected chi connectivity index (χ3v) is 1.39. The second-order valence-corrected chi connectivity index (χ2v) is 3.42. The quantitative estimate of drug-likeness (QED) is 0.597. The Balaban J connectivity index is 2.92. The van der Waals surface area contributed by atoms with Crippen molar-refractivity contribution in [1.82, 2.24) is 5.32 Å². The summed E-state index contributed by atoms with van der Waals surface area (Å²) in [5, 5.41) is 2.64. The van der Waals surface area contributed by atoms with Gasteiger partial charge in [0.1, 0.15) is 0 Å². The molecule has 0 fully saturated rings. The molecular formula is C9H19F2NO. The lowest BCUT2D eigenvalue weighted by molar-refractivity contribution is 0.105. The largest absolute Gasteiger partial charge is 0.381 e. The Morgan fingerprint density at radius 3 is 2.54 bits per heavy atom. The Labute approximate surface area is 78.7 Å². The van der Waals surface area contributed by atoms with Crippen molar-refractivity contribution < 1.29 is 13.5 Å². The average Bonchev–Trinajstić information content (AvgIpc) is 2.01. The van der Waals surface area contributed by atoms with E-state index in [1.54, 1.807) is 0 Å². The van der Waals surface area contributed by atoms with Crippen LogP contribution in [-0.2, 0) is 4.74 Å². The van der Waals surface area contributed by atoms with Gasteiger partial charge in [-0.05, 0) is 18.9 Å². The Bertz CT molecular complexity index is 97.8. The van der Waals surface area contributed by atoms with Crippen LogP contribution < -0.4 is 5.32 Å². The molecule has 0 radical (unpaired) electrons. The highest BCUT2D eigenvalue weighted by molar-refractivity contribution is 4.49. The minimum Gasteiger partial charge on any atom is -0.381 e. The van der Waals surface area contributed by atoms with Crippen LogP contribution in [-0.4, -0.2) is 32.7 Å². The van der Waals surface area contributed by atoms with E-state index in [0.29, 0.717) is 19.1 Å². The lowest BCUT2D eigenvalue weighted by Crippen LogP contribution is -2.23. The van der Waals surface area contributed by atoms with Crippen LogP contribution in [0, 0.1) is 5.92 Å². The highest BCUT2D eigenvalue weighted by Crippen LogP contribution is 1.93. The first kappa shape index (κ1) is 12.8. The summed E-state index contributed by atoms with van der Waals surface area (Å²) in [5.41, 5.74) is 0. The van der Waals surface area contributed by atoms with Gasteiger partial charge < -0.3 is 10.1 Å². The predicted molar refractivity (Wildman–Crippen MR) is 49.1 cm³/mol. The number of ether oxygens (including phenoxy) is 1. The SMILES string of the molecule is CC(C)COCCCNCC(F)F. The Kier molecular flexibility index (Phi) is 8.24. The maximum absolute atomic E-state index is 11.6. The molecule has 0 amide bonds. The summed E-state index contributed by atoms with van der Waals surface area (Å²) in [7, 11) is 0. The molecule has 0 aliphatic rings. The van der Waals surface area contributed by atoms with E-state index in [1.165, 1.54) is 0 Å². The number of nitrogens with one attached hydrogen (secondary N) is 1. The molecule has 0 spiro atoms. The van der Waals surface area contributed by atoms with E-state index in [2.05, 4.69) is 19.2 Å². The first-order valence-corrected chi connectivity index (χ1v) is 4.69. The van der Waals surface area contributed by atoms with Crippen molar-refractivity contribution in [1.29, 1.82) is 0 Å². The molecule has 0 aromatic heterocycles. The van der Waals surface area contributed by atoms with Gasteiger partial charge in [-0.15, -0.1) is 0 Å². The second kappa shape index (κ2) is 8.38. The lowest BCUT2D eigenvalue weighted by Gasteiger charge is -2.07. The number of hydrogen-bond acceptors (Lipinski definition) is 2. The summed E-state index contributed by atoms with van der Waals surface area (Å²) < 4.78 is 28.5. The fraction of sp³-hybridized carbons (Fsp3) is 1.00. The van der Waals surface area contributed by atoms with Crippen molar-refractivity contribution in [2.45, 2.75) is 26.7 Å². The zero-order valence-corrected chi connectivity index (χ0v) is 8.35. The number of halogens is 2. The third-order valence-electron chi connectivity index (χ3n) is 1.39. The van der Waals surface area contributed by atoms with Crippen LogP contribution in [0.5, 0.6) is 0 Å². The Hall–Kier alpha value is -0.220. The van der Waals surface area contributed by atoms with Gasteiger partial charge in [-0.1, -0.05) is 13.8 Å². The molecule has 0 heterocycles. The van der Waals surface area contributed by atoms with Crippen LogP contribution in [0.2, 0.25) is 0 Å². The van der Waals surface area contributed by atoms with Gasteiger partial charge in [0.15, 0.2) is 0 Å². The molecular weight excluding hydrogens is 176 g/mol. The molecule has 0 aromatic carbocycles. The zero-order valence-electron chi connectivity index (χ0n) is 8.35. The van der Waals surface area contributed by atoms with Crippen LogP contribution in [0.3, 0.4) is 0 Å². The predicted octanol–water partition coefficient (Wildman–Crippen LogP) is 1.90. The monoisotopic (exact) mass is 195 g/mol. The minimum absolute atomic E-state index is 0.218. The second-order valence-electron chi connectivity index (χ2n) is 3.42. The highest BCUT2D eigenvalue weighted by atomic mass is 19.3. The zero-order chi connectivity index (χ0) is 10.1. The van der Waals surface area contributed by atoms with Crippen LogP contribution in [0.1, 0.15) is 20.3 Å². The van der Waals surface area contributed by atoms with Crippen LogP contribution in [0.4, 0.5) is 8.78 Å². The van der Waals surface area contributed by atoms with Crippen molar-refractivity contribution in [2.24, 2.45) is 5.92 Å². The summed E-state index contributed by atoms with van der Waals surface area (Å²) in [6.07, 6.45) is -1.46. The molecule has 0 aliphatic heterocycles. The topological polar surface area (TPSA) is 21.3 Å². The third kappa shape index (κ3) is 11.8. The number of alkyl halides is 2. The average molecular weight is 195 g/mol. The molecule has 0 aliphatic carbocycles. The van der Waals surface area contributed by atoms with E-state index in [9.17, 15) is 8.78 Å². The first-order chi connectivity index (χ1) is 6.13. The Morgan fingerprint density at radius 2 is 2.00 bits per heavy atom. The van der Waals surface area contributed by atoms with E-state index in [-0.39, 0.29) is 6.54 Å². The van der Waals surface area contributed by atoms with Gasteiger partial charge in [-0.25, -0.2) is 8.78 Å². The van der Waals surface area contributed by atoms with Gasteiger partial charge in [-0.2, -0.15) is 0 Å². The highest BCUT2D eigenvalue weighted by Gasteiger charge is 1.99. The standard InChI is InChI=1S/C9H19F2NO/c1-8(2)7-13-5-3-4-12-6-9(10)11/h8-9,12H,3-7H2,1-2H3. The molecule has 13 heavy (non-hydrogen) atoms. The number of hydrogen-bond donors (Lipinski definition) is 1. The van der Waals surface area contributed by atoms with Crippen molar-refractivity contribution in [3.63, 3.8) is 0 Å². The molecule has 0 saturated heterocycles. The maximum Gasteiger partial charge on any atom is 0.250 e. The Morgan fingerprint density at radius 1 is 1.31 bits per heavy atom. The maximum atomic E-state index is 11.6. The summed E-state index contributed by atoms with van der Waals surface area (Å²) in [6.45, 7) is 5.93. The molecule has 1 N–H and O–H groups in total. The fourth-order valence-electron chi connectivity index (χ4n) is 0.829. The lowest BCUT2D eigenvalue weighted by atomic mass is 10.2. The normalized spacial score (nSPS) is 11.5. The molecule has 4 heteroatoms. The van der Waals surface area contributed by atoms with Crippen molar-refractivity contribution in [3.8, 4) is 0 Å². The van der Waals surface area contributed by atoms with Gasteiger partial charge in [0, 0.05) is 13.2 Å². The van der Waals surface area contributed by atoms with Crippen LogP contribution >= 0.6 is 0 Å². The van der Waals surface area contributed by atoms with E-state index in [4.69, 9.17) is 4.74 Å². The summed E-state index contributed by atoms with van der Waals surface area (Å²) in [6, 6.07) is 0. The molecule has 80 valence electrons. The molecule has 0 bridgehead atoms. The molecule has 0 aromatic rings. The van der Waals surface area contributed by atoms with Crippen molar-refractivity contribution >= 4 is 0 Å². The smallest absolute Gasteiger partial charge is 0.250 e. The van der Waals surface area contributed by atoms with Gasteiger partial charge in [-0.3, -0.25) is 0 Å². The molecule has 2 nitrogen and oxygen atoms in total. The van der Waals surface area contributed by atoms with E-state index < -0.39 is 6.43 Å². The molecule has 0 unspecified atom stereocenters. The van der Waals surface area contributed by atoms with Crippen molar-refractivity contribution in [3.05, 3.63) is 0 Å². The minimum atomic E-state index is -2.25. The molecule has 0 atom stereocenters. The van der Waals surface area contributed by atoms with Crippen LogP contribution in [0.25, 0.3) is 0 Å². The van der Waals surface area contributed by atoms with Crippen LogP contribution in [0.15, 0.2) is 0 Å². The van der Waals surface area contributed by atoms with E-state index in [0.717, 1.165) is 13.0 Å².